The number of halogens is 2. The number of carbonyl (C=O) groups is 3. The molecule has 138 valence electrons. The molecule has 0 radical (unpaired) electrons. The highest BCUT2D eigenvalue weighted by Crippen LogP contribution is 2.42. The number of nitrogens with two attached hydrogens (primary N) is 1. The van der Waals surface area contributed by atoms with Crippen molar-refractivity contribution < 1.29 is 23.2 Å². The Morgan fingerprint density at radius 2 is 2.00 bits per heavy atom. The SMILES string of the molecule is Nc1ccc(NC(=O)CN2C(=O)SC(=C3CCC(F)(F)CC3)C2=O)cn1. The first-order valence-electron chi connectivity index (χ1n) is 7.90. The van der Waals surface area contributed by atoms with Crippen molar-refractivity contribution in [3.63, 3.8) is 0 Å². The van der Waals surface area contributed by atoms with Crippen LogP contribution in [0.1, 0.15) is 25.7 Å². The van der Waals surface area contributed by atoms with Gasteiger partial charge in [-0.05, 0) is 36.7 Å². The fraction of sp³-hybridized carbons (Fsp3) is 0.375. The summed E-state index contributed by atoms with van der Waals surface area (Å²) in [6.07, 6.45) is 0.833. The molecular formula is C16H16F2N4O3S. The van der Waals surface area contributed by atoms with E-state index in [0.29, 0.717) is 28.8 Å². The van der Waals surface area contributed by atoms with Crippen molar-refractivity contribution in [1.82, 2.24) is 9.88 Å². The van der Waals surface area contributed by atoms with E-state index >= 15 is 0 Å². The fourth-order valence-electron chi connectivity index (χ4n) is 2.72. The van der Waals surface area contributed by atoms with E-state index in [1.165, 1.54) is 18.3 Å². The Hall–Kier alpha value is -2.49. The van der Waals surface area contributed by atoms with Gasteiger partial charge in [-0.15, -0.1) is 0 Å². The lowest BCUT2D eigenvalue weighted by atomic mass is 9.91. The van der Waals surface area contributed by atoms with E-state index in [2.05, 4.69) is 10.3 Å². The summed E-state index contributed by atoms with van der Waals surface area (Å²) in [6.45, 7) is -0.456. The first-order valence-corrected chi connectivity index (χ1v) is 8.72. The Kier molecular flexibility index (Phi) is 4.94. The number of amides is 3. The number of pyridine rings is 1. The van der Waals surface area contributed by atoms with Gasteiger partial charge in [-0.1, -0.05) is 5.57 Å². The highest BCUT2D eigenvalue weighted by molar-refractivity contribution is 8.18. The molecule has 3 amide bonds. The van der Waals surface area contributed by atoms with Crippen LogP contribution in [-0.2, 0) is 9.59 Å². The van der Waals surface area contributed by atoms with E-state index in [1.54, 1.807) is 0 Å². The molecule has 1 saturated carbocycles. The number of anilines is 2. The van der Waals surface area contributed by atoms with Gasteiger partial charge >= 0.3 is 0 Å². The highest BCUT2D eigenvalue weighted by atomic mass is 32.2. The molecule has 2 aliphatic rings. The minimum atomic E-state index is -2.73. The van der Waals surface area contributed by atoms with Gasteiger partial charge in [0.15, 0.2) is 0 Å². The molecule has 0 unspecified atom stereocenters. The molecule has 0 spiro atoms. The fourth-order valence-corrected chi connectivity index (χ4v) is 3.70. The Morgan fingerprint density at radius 1 is 1.31 bits per heavy atom. The summed E-state index contributed by atoms with van der Waals surface area (Å²) in [5.41, 5.74) is 6.39. The monoisotopic (exact) mass is 382 g/mol. The number of allylic oxidation sites excluding steroid dienone is 1. The average molecular weight is 382 g/mol. The van der Waals surface area contributed by atoms with Crippen LogP contribution in [-0.4, -0.2) is 39.4 Å². The van der Waals surface area contributed by atoms with Crippen molar-refractivity contribution in [2.45, 2.75) is 31.6 Å². The highest BCUT2D eigenvalue weighted by Gasteiger charge is 2.41. The lowest BCUT2D eigenvalue weighted by molar-refractivity contribution is -0.127. The zero-order chi connectivity index (χ0) is 18.9. The van der Waals surface area contributed by atoms with E-state index in [1.807, 2.05) is 0 Å². The molecule has 0 atom stereocenters. The number of imide groups is 1. The van der Waals surface area contributed by atoms with E-state index in [4.69, 9.17) is 5.73 Å². The van der Waals surface area contributed by atoms with Crippen molar-refractivity contribution in [2.24, 2.45) is 0 Å². The normalized spacial score (nSPS) is 19.8. The number of nitrogen functional groups attached to an aromatic ring is 1. The minimum absolute atomic E-state index is 0.0749. The third-order valence-electron chi connectivity index (χ3n) is 4.13. The van der Waals surface area contributed by atoms with Gasteiger partial charge in [-0.3, -0.25) is 19.3 Å². The van der Waals surface area contributed by atoms with Crippen LogP contribution in [0.25, 0.3) is 0 Å². The van der Waals surface area contributed by atoms with Crippen LogP contribution in [0.5, 0.6) is 0 Å². The zero-order valence-electron chi connectivity index (χ0n) is 13.6. The van der Waals surface area contributed by atoms with Gasteiger partial charge in [0, 0.05) is 12.8 Å². The molecule has 1 aliphatic heterocycles. The molecule has 1 saturated heterocycles. The van der Waals surface area contributed by atoms with Crippen molar-refractivity contribution in [3.8, 4) is 0 Å². The van der Waals surface area contributed by atoms with Gasteiger partial charge in [-0.2, -0.15) is 0 Å². The third kappa shape index (κ3) is 4.01. The molecule has 0 aromatic carbocycles. The van der Waals surface area contributed by atoms with Crippen LogP contribution in [0.15, 0.2) is 28.8 Å². The molecular weight excluding hydrogens is 366 g/mol. The number of carbonyl (C=O) groups excluding carboxylic acids is 3. The van der Waals surface area contributed by atoms with Crippen LogP contribution in [0.2, 0.25) is 0 Å². The summed E-state index contributed by atoms with van der Waals surface area (Å²) in [7, 11) is 0. The molecule has 1 aromatic rings. The van der Waals surface area contributed by atoms with Crippen LogP contribution < -0.4 is 11.1 Å². The summed E-state index contributed by atoms with van der Waals surface area (Å²) >= 11 is 0.702. The van der Waals surface area contributed by atoms with Crippen molar-refractivity contribution >= 4 is 40.3 Å². The number of hydrogen-bond donors (Lipinski definition) is 2. The largest absolute Gasteiger partial charge is 0.384 e. The summed E-state index contributed by atoms with van der Waals surface area (Å²) in [6, 6.07) is 3.04. The molecule has 1 aliphatic carbocycles. The Labute approximate surface area is 152 Å². The van der Waals surface area contributed by atoms with Crippen LogP contribution >= 0.6 is 11.8 Å². The van der Waals surface area contributed by atoms with Gasteiger partial charge in [0.1, 0.15) is 12.4 Å². The van der Waals surface area contributed by atoms with Crippen LogP contribution in [0.3, 0.4) is 0 Å². The van der Waals surface area contributed by atoms with Gasteiger partial charge in [0.25, 0.3) is 11.1 Å². The second-order valence-corrected chi connectivity index (χ2v) is 7.03. The maximum atomic E-state index is 13.3. The number of alkyl halides is 2. The first kappa shape index (κ1) is 18.3. The lowest BCUT2D eigenvalue weighted by Gasteiger charge is -2.24. The average Bonchev–Trinajstić information content (AvgIpc) is 2.85. The van der Waals surface area contributed by atoms with Gasteiger partial charge < -0.3 is 11.1 Å². The second kappa shape index (κ2) is 7.02. The summed E-state index contributed by atoms with van der Waals surface area (Å²) in [4.78, 5) is 41.4. The summed E-state index contributed by atoms with van der Waals surface area (Å²) in [5, 5.41) is 1.93. The van der Waals surface area contributed by atoms with E-state index in [-0.39, 0.29) is 30.6 Å². The van der Waals surface area contributed by atoms with Crippen molar-refractivity contribution in [3.05, 3.63) is 28.8 Å². The van der Waals surface area contributed by atoms with Crippen LogP contribution in [0.4, 0.5) is 25.1 Å². The number of nitrogens with one attached hydrogen (secondary N) is 1. The van der Waals surface area contributed by atoms with E-state index in [9.17, 15) is 23.2 Å². The van der Waals surface area contributed by atoms with E-state index in [0.717, 1.165) is 4.90 Å². The Balaban J connectivity index is 1.65. The molecule has 2 heterocycles. The molecule has 7 nitrogen and oxygen atoms in total. The number of nitrogens with zero attached hydrogens (tertiary/aromatic N) is 2. The second-order valence-electron chi connectivity index (χ2n) is 6.07. The van der Waals surface area contributed by atoms with Gasteiger partial charge in [0.05, 0.1) is 16.8 Å². The van der Waals surface area contributed by atoms with Crippen LogP contribution in [0, 0.1) is 0 Å². The smallest absolute Gasteiger partial charge is 0.294 e. The molecule has 26 heavy (non-hydrogen) atoms. The zero-order valence-corrected chi connectivity index (χ0v) is 14.4. The summed E-state index contributed by atoms with van der Waals surface area (Å²) < 4.78 is 26.5. The lowest BCUT2D eigenvalue weighted by Crippen LogP contribution is -2.36. The Morgan fingerprint density at radius 3 is 2.62 bits per heavy atom. The van der Waals surface area contributed by atoms with E-state index < -0.39 is 29.5 Å². The number of aromatic nitrogens is 1. The molecule has 3 rings (SSSR count). The predicted molar refractivity (Wildman–Crippen MR) is 92.4 cm³/mol. The van der Waals surface area contributed by atoms with Gasteiger partial charge in [0.2, 0.25) is 11.8 Å². The first-order chi connectivity index (χ1) is 12.2. The predicted octanol–water partition coefficient (Wildman–Crippen LogP) is 2.76. The maximum Gasteiger partial charge on any atom is 0.294 e. The van der Waals surface area contributed by atoms with Crippen molar-refractivity contribution in [1.29, 1.82) is 0 Å². The number of hydrogen-bond acceptors (Lipinski definition) is 6. The molecule has 0 bridgehead atoms. The van der Waals surface area contributed by atoms with Crippen molar-refractivity contribution in [2.75, 3.05) is 17.6 Å². The topological polar surface area (TPSA) is 105 Å². The molecule has 3 N–H and O–H groups in total. The Bertz CT molecular complexity index is 783. The number of rotatable bonds is 3. The molecule has 2 fully saturated rings. The third-order valence-corrected chi connectivity index (χ3v) is 5.19. The number of thioether (sulfide) groups is 1. The quantitative estimate of drug-likeness (QED) is 0.779. The molecule has 10 heteroatoms. The molecule has 1 aromatic heterocycles. The van der Waals surface area contributed by atoms with Gasteiger partial charge in [-0.25, -0.2) is 13.8 Å². The standard InChI is InChI=1S/C16H16F2N4O3S/c17-16(18)5-3-9(4-6-16)13-14(24)22(15(25)26-13)8-12(23)21-10-1-2-11(19)20-7-10/h1-2,7H,3-6,8H2,(H2,19,20)(H,21,23). The maximum absolute atomic E-state index is 13.3. The minimum Gasteiger partial charge on any atom is -0.384 e. The summed E-state index contributed by atoms with van der Waals surface area (Å²) in [5.74, 6) is -3.61.